The fourth-order valence-electron chi connectivity index (χ4n) is 2.94. The number of rotatable bonds is 4. The van der Waals surface area contributed by atoms with Gasteiger partial charge in [-0.15, -0.1) is 0 Å². The number of carbonyl (C=O) groups is 2. The van der Waals surface area contributed by atoms with Crippen LogP contribution in [0.3, 0.4) is 0 Å². The van der Waals surface area contributed by atoms with Crippen molar-refractivity contribution < 1.29 is 19.4 Å². The number of nitriles is 1. The standard InChI is InChI=1S/C19H25N3O4/c1-19(2,3)26-18(25)22-8-7-16(15(12-22)17(23)24)21-11-14-6-4-5-13(9-14)10-20/h4-6,9,15-16,21H,7-8,11-12H2,1-3H3,(H,23,24)/t15-,16-/m1/s1. The Bertz CT molecular complexity index is 705. The number of aliphatic carboxylic acids is 1. The Morgan fingerprint density at radius 1 is 1.42 bits per heavy atom. The average Bonchev–Trinajstić information content (AvgIpc) is 2.58. The predicted molar refractivity (Wildman–Crippen MR) is 95.3 cm³/mol. The van der Waals surface area contributed by atoms with Crippen LogP contribution in [0.1, 0.15) is 38.3 Å². The number of nitrogens with zero attached hydrogens (tertiary/aromatic N) is 2. The molecule has 1 amide bonds. The maximum absolute atomic E-state index is 12.2. The molecule has 2 N–H and O–H groups in total. The van der Waals surface area contributed by atoms with E-state index in [1.807, 2.05) is 6.07 Å². The summed E-state index contributed by atoms with van der Waals surface area (Å²) >= 11 is 0. The van der Waals surface area contributed by atoms with Gasteiger partial charge in [0.05, 0.1) is 17.6 Å². The first-order valence-corrected chi connectivity index (χ1v) is 8.63. The molecule has 0 radical (unpaired) electrons. The maximum atomic E-state index is 12.2. The molecule has 1 aliphatic heterocycles. The predicted octanol–water partition coefficient (Wildman–Crippen LogP) is 2.36. The molecule has 1 aromatic rings. The molecule has 7 heteroatoms. The van der Waals surface area contributed by atoms with Crippen LogP contribution in [0.15, 0.2) is 24.3 Å². The van der Waals surface area contributed by atoms with E-state index < -0.39 is 23.6 Å². The van der Waals surface area contributed by atoms with Gasteiger partial charge in [-0.25, -0.2) is 4.79 Å². The van der Waals surface area contributed by atoms with E-state index in [-0.39, 0.29) is 12.6 Å². The van der Waals surface area contributed by atoms with Gasteiger partial charge in [0.15, 0.2) is 0 Å². The summed E-state index contributed by atoms with van der Waals surface area (Å²) in [6.07, 6.45) is 0.0395. The highest BCUT2D eigenvalue weighted by Gasteiger charge is 2.37. The van der Waals surface area contributed by atoms with Crippen molar-refractivity contribution in [3.8, 4) is 6.07 Å². The summed E-state index contributed by atoms with van der Waals surface area (Å²) in [5, 5.41) is 21.8. The number of piperidine rings is 1. The van der Waals surface area contributed by atoms with Crippen LogP contribution in [0, 0.1) is 17.2 Å². The fourth-order valence-corrected chi connectivity index (χ4v) is 2.94. The highest BCUT2D eigenvalue weighted by molar-refractivity contribution is 5.74. The fraction of sp³-hybridized carbons (Fsp3) is 0.526. The normalized spacial score (nSPS) is 20.3. The summed E-state index contributed by atoms with van der Waals surface area (Å²) in [6.45, 7) is 6.36. The van der Waals surface area contributed by atoms with E-state index in [2.05, 4.69) is 11.4 Å². The second-order valence-electron chi connectivity index (χ2n) is 7.46. The first kappa shape index (κ1) is 19.7. The van der Waals surface area contributed by atoms with Gasteiger partial charge < -0.3 is 20.1 Å². The molecular weight excluding hydrogens is 334 g/mol. The number of nitrogens with one attached hydrogen (secondary N) is 1. The average molecular weight is 359 g/mol. The Balaban J connectivity index is 1.99. The number of carboxylic acid groups (broad SMARTS) is 1. The first-order chi connectivity index (χ1) is 12.2. The molecule has 0 unspecified atom stereocenters. The number of likely N-dealkylation sites (tertiary alicyclic amines) is 1. The summed E-state index contributed by atoms with van der Waals surface area (Å²) < 4.78 is 5.34. The first-order valence-electron chi connectivity index (χ1n) is 8.63. The van der Waals surface area contributed by atoms with Gasteiger partial charge in [0.2, 0.25) is 0 Å². The van der Waals surface area contributed by atoms with Gasteiger partial charge in [0, 0.05) is 25.7 Å². The van der Waals surface area contributed by atoms with Crippen LogP contribution in [-0.2, 0) is 16.1 Å². The molecular formula is C19H25N3O4. The van der Waals surface area contributed by atoms with Crippen LogP contribution in [0.4, 0.5) is 4.79 Å². The van der Waals surface area contributed by atoms with Gasteiger partial charge in [-0.05, 0) is 44.9 Å². The smallest absolute Gasteiger partial charge is 0.410 e. The van der Waals surface area contributed by atoms with Gasteiger partial charge >= 0.3 is 12.1 Å². The summed E-state index contributed by atoms with van der Waals surface area (Å²) in [6, 6.07) is 9.03. The van der Waals surface area contributed by atoms with Crippen LogP contribution < -0.4 is 5.32 Å². The lowest BCUT2D eigenvalue weighted by Gasteiger charge is -2.37. The third-order valence-corrected chi connectivity index (χ3v) is 4.21. The van der Waals surface area contributed by atoms with Crippen LogP contribution in [0.5, 0.6) is 0 Å². The molecule has 2 atom stereocenters. The van der Waals surface area contributed by atoms with E-state index in [1.165, 1.54) is 4.90 Å². The number of hydrogen-bond acceptors (Lipinski definition) is 5. The molecule has 26 heavy (non-hydrogen) atoms. The number of benzene rings is 1. The summed E-state index contributed by atoms with van der Waals surface area (Å²) in [4.78, 5) is 25.3. The van der Waals surface area contributed by atoms with Crippen molar-refractivity contribution in [2.24, 2.45) is 5.92 Å². The van der Waals surface area contributed by atoms with Gasteiger partial charge in [-0.2, -0.15) is 5.26 Å². The number of amides is 1. The molecule has 1 fully saturated rings. The lowest BCUT2D eigenvalue weighted by molar-refractivity contribution is -0.144. The van der Waals surface area contributed by atoms with E-state index in [0.717, 1.165) is 5.56 Å². The number of ether oxygens (including phenoxy) is 1. The van der Waals surface area contributed by atoms with Crippen LogP contribution in [0.25, 0.3) is 0 Å². The third-order valence-electron chi connectivity index (χ3n) is 4.21. The summed E-state index contributed by atoms with van der Waals surface area (Å²) in [5.74, 6) is -1.66. The molecule has 0 saturated carbocycles. The number of carboxylic acids is 1. The molecule has 1 aromatic carbocycles. The zero-order valence-electron chi connectivity index (χ0n) is 15.4. The second-order valence-corrected chi connectivity index (χ2v) is 7.46. The van der Waals surface area contributed by atoms with E-state index in [4.69, 9.17) is 10.00 Å². The van der Waals surface area contributed by atoms with Crippen molar-refractivity contribution in [2.45, 2.75) is 45.4 Å². The molecule has 2 rings (SSSR count). The van der Waals surface area contributed by atoms with Crippen LogP contribution in [-0.4, -0.2) is 46.8 Å². The lowest BCUT2D eigenvalue weighted by Crippen LogP contribution is -2.54. The highest BCUT2D eigenvalue weighted by atomic mass is 16.6. The SMILES string of the molecule is CC(C)(C)OC(=O)N1CC[C@@H](NCc2cccc(C#N)c2)[C@H](C(=O)O)C1. The Morgan fingerprint density at radius 3 is 2.77 bits per heavy atom. The van der Waals surface area contributed by atoms with Crippen molar-refractivity contribution in [3.63, 3.8) is 0 Å². The molecule has 7 nitrogen and oxygen atoms in total. The van der Waals surface area contributed by atoms with E-state index in [9.17, 15) is 14.7 Å². The third kappa shape index (κ3) is 5.46. The quantitative estimate of drug-likeness (QED) is 0.855. The molecule has 1 heterocycles. The highest BCUT2D eigenvalue weighted by Crippen LogP contribution is 2.21. The Labute approximate surface area is 153 Å². The number of carbonyl (C=O) groups excluding carboxylic acids is 1. The van der Waals surface area contributed by atoms with E-state index >= 15 is 0 Å². The zero-order valence-corrected chi connectivity index (χ0v) is 15.4. The van der Waals surface area contributed by atoms with Gasteiger partial charge in [0.1, 0.15) is 5.60 Å². The second kappa shape index (κ2) is 8.19. The minimum absolute atomic E-state index is 0.111. The zero-order chi connectivity index (χ0) is 19.3. The van der Waals surface area contributed by atoms with Crippen molar-refractivity contribution in [1.29, 1.82) is 5.26 Å². The van der Waals surface area contributed by atoms with Crippen LogP contribution >= 0.6 is 0 Å². The molecule has 1 aliphatic rings. The van der Waals surface area contributed by atoms with E-state index in [1.54, 1.807) is 39.0 Å². The molecule has 0 spiro atoms. The summed E-state index contributed by atoms with van der Waals surface area (Å²) in [5.41, 5.74) is 0.873. The Kier molecular flexibility index (Phi) is 6.22. The van der Waals surface area contributed by atoms with E-state index in [0.29, 0.717) is 25.1 Å². The molecule has 140 valence electrons. The Morgan fingerprint density at radius 2 is 2.15 bits per heavy atom. The van der Waals surface area contributed by atoms with Crippen LogP contribution in [0.2, 0.25) is 0 Å². The van der Waals surface area contributed by atoms with Gasteiger partial charge in [-0.1, -0.05) is 12.1 Å². The van der Waals surface area contributed by atoms with Crippen molar-refractivity contribution in [3.05, 3.63) is 35.4 Å². The Hall–Kier alpha value is -2.59. The molecule has 0 bridgehead atoms. The monoisotopic (exact) mass is 359 g/mol. The molecule has 1 saturated heterocycles. The van der Waals surface area contributed by atoms with Gasteiger partial charge in [0.25, 0.3) is 0 Å². The van der Waals surface area contributed by atoms with Crippen molar-refractivity contribution in [2.75, 3.05) is 13.1 Å². The largest absolute Gasteiger partial charge is 0.481 e. The topological polar surface area (TPSA) is 103 Å². The number of hydrogen-bond donors (Lipinski definition) is 2. The molecule has 0 aliphatic carbocycles. The van der Waals surface area contributed by atoms with Crippen molar-refractivity contribution >= 4 is 12.1 Å². The minimum Gasteiger partial charge on any atom is -0.481 e. The maximum Gasteiger partial charge on any atom is 0.410 e. The lowest BCUT2D eigenvalue weighted by atomic mass is 9.92. The van der Waals surface area contributed by atoms with Gasteiger partial charge in [-0.3, -0.25) is 4.79 Å². The summed E-state index contributed by atoms with van der Waals surface area (Å²) in [7, 11) is 0. The molecule has 0 aromatic heterocycles. The minimum atomic E-state index is -0.943. The van der Waals surface area contributed by atoms with Crippen molar-refractivity contribution in [1.82, 2.24) is 10.2 Å².